The van der Waals surface area contributed by atoms with E-state index < -0.39 is 0 Å². The van der Waals surface area contributed by atoms with E-state index in [-0.39, 0.29) is 5.82 Å². The van der Waals surface area contributed by atoms with E-state index in [1.165, 1.54) is 24.8 Å². The number of halogens is 2. The standard InChI is InChI=1S/C15H19BrFN/c1-18-9-15(7-11-4-12(11)8-15)6-10-2-3-13(17)5-14(10)16/h2-3,5,11-12,18H,4,6-9H2,1H3. The zero-order chi connectivity index (χ0) is 12.8. The molecule has 2 aliphatic carbocycles. The van der Waals surface area contributed by atoms with Crippen molar-refractivity contribution >= 4 is 15.9 Å². The number of rotatable bonds is 4. The van der Waals surface area contributed by atoms with Crippen molar-refractivity contribution in [3.63, 3.8) is 0 Å². The third kappa shape index (κ3) is 2.35. The van der Waals surface area contributed by atoms with Crippen LogP contribution in [0, 0.1) is 23.1 Å². The molecule has 0 radical (unpaired) electrons. The van der Waals surface area contributed by atoms with Crippen molar-refractivity contribution < 1.29 is 4.39 Å². The first-order valence-corrected chi connectivity index (χ1v) is 7.50. The molecular formula is C15H19BrFN. The fourth-order valence-corrected chi connectivity index (χ4v) is 4.29. The molecule has 1 aromatic carbocycles. The Hall–Kier alpha value is -0.410. The minimum atomic E-state index is -0.164. The molecule has 3 heteroatoms. The van der Waals surface area contributed by atoms with Crippen LogP contribution in [-0.4, -0.2) is 13.6 Å². The number of hydrogen-bond acceptors (Lipinski definition) is 1. The van der Waals surface area contributed by atoms with E-state index in [1.54, 1.807) is 12.1 Å². The van der Waals surface area contributed by atoms with Crippen molar-refractivity contribution in [2.75, 3.05) is 13.6 Å². The van der Waals surface area contributed by atoms with Crippen molar-refractivity contribution in [3.8, 4) is 0 Å². The third-order valence-electron chi connectivity index (χ3n) is 4.59. The summed E-state index contributed by atoms with van der Waals surface area (Å²) in [5, 5.41) is 3.35. The van der Waals surface area contributed by atoms with Crippen molar-refractivity contribution in [1.29, 1.82) is 0 Å². The van der Waals surface area contributed by atoms with Crippen LogP contribution in [0.15, 0.2) is 22.7 Å². The highest BCUT2D eigenvalue weighted by Gasteiger charge is 2.53. The molecule has 2 aliphatic rings. The highest BCUT2D eigenvalue weighted by Crippen LogP contribution is 2.60. The van der Waals surface area contributed by atoms with E-state index in [0.717, 1.165) is 29.3 Å². The Bertz CT molecular complexity index is 450. The number of hydrogen-bond donors (Lipinski definition) is 1. The monoisotopic (exact) mass is 311 g/mol. The molecule has 3 rings (SSSR count). The van der Waals surface area contributed by atoms with Crippen LogP contribution in [0.2, 0.25) is 0 Å². The summed E-state index contributed by atoms with van der Waals surface area (Å²) >= 11 is 3.50. The summed E-state index contributed by atoms with van der Waals surface area (Å²) in [5.74, 6) is 1.78. The Morgan fingerprint density at radius 2 is 2.11 bits per heavy atom. The van der Waals surface area contributed by atoms with E-state index in [2.05, 4.69) is 21.2 Å². The lowest BCUT2D eigenvalue weighted by Gasteiger charge is -2.31. The summed E-state index contributed by atoms with van der Waals surface area (Å²) in [4.78, 5) is 0. The van der Waals surface area contributed by atoms with Crippen LogP contribution in [0.5, 0.6) is 0 Å². The zero-order valence-corrected chi connectivity index (χ0v) is 12.3. The van der Waals surface area contributed by atoms with Gasteiger partial charge >= 0.3 is 0 Å². The van der Waals surface area contributed by atoms with Crippen molar-refractivity contribution in [2.45, 2.75) is 25.7 Å². The Labute approximate surface area is 116 Å². The second-order valence-corrected chi connectivity index (χ2v) is 6.96. The summed E-state index contributed by atoms with van der Waals surface area (Å²) in [6, 6.07) is 5.09. The molecule has 0 aliphatic heterocycles. The Balaban J connectivity index is 1.80. The average molecular weight is 312 g/mol. The average Bonchev–Trinajstić information content (AvgIpc) is 2.92. The topological polar surface area (TPSA) is 12.0 Å². The fourth-order valence-electron chi connectivity index (χ4n) is 3.80. The van der Waals surface area contributed by atoms with Gasteiger partial charge in [0.1, 0.15) is 5.82 Å². The molecule has 0 spiro atoms. The summed E-state index contributed by atoms with van der Waals surface area (Å²) in [7, 11) is 2.03. The quantitative estimate of drug-likeness (QED) is 0.892. The van der Waals surface area contributed by atoms with Crippen LogP contribution in [0.3, 0.4) is 0 Å². The van der Waals surface area contributed by atoms with Gasteiger partial charge in [-0.3, -0.25) is 0 Å². The van der Waals surface area contributed by atoms with Crippen molar-refractivity contribution in [1.82, 2.24) is 5.32 Å². The van der Waals surface area contributed by atoms with Crippen LogP contribution in [0.25, 0.3) is 0 Å². The fraction of sp³-hybridized carbons (Fsp3) is 0.600. The van der Waals surface area contributed by atoms with Gasteiger partial charge in [-0.1, -0.05) is 22.0 Å². The highest BCUT2D eigenvalue weighted by atomic mass is 79.9. The molecule has 0 aromatic heterocycles. The molecule has 1 N–H and O–H groups in total. The van der Waals surface area contributed by atoms with E-state index >= 15 is 0 Å². The molecule has 18 heavy (non-hydrogen) atoms. The van der Waals surface area contributed by atoms with Gasteiger partial charge in [0.15, 0.2) is 0 Å². The SMILES string of the molecule is CNCC1(Cc2ccc(F)cc2Br)CC2CC2C1. The minimum Gasteiger partial charge on any atom is -0.319 e. The van der Waals surface area contributed by atoms with Gasteiger partial charge < -0.3 is 5.32 Å². The van der Waals surface area contributed by atoms with E-state index in [9.17, 15) is 4.39 Å². The van der Waals surface area contributed by atoms with Crippen LogP contribution in [0.4, 0.5) is 4.39 Å². The van der Waals surface area contributed by atoms with Gasteiger partial charge in [-0.2, -0.15) is 0 Å². The van der Waals surface area contributed by atoms with Gasteiger partial charge in [0.25, 0.3) is 0 Å². The van der Waals surface area contributed by atoms with E-state index in [1.807, 2.05) is 13.1 Å². The smallest absolute Gasteiger partial charge is 0.124 e. The minimum absolute atomic E-state index is 0.164. The van der Waals surface area contributed by atoms with Gasteiger partial charge in [-0.15, -0.1) is 0 Å². The Morgan fingerprint density at radius 3 is 2.72 bits per heavy atom. The lowest BCUT2D eigenvalue weighted by Crippen LogP contribution is -2.33. The van der Waals surface area contributed by atoms with Gasteiger partial charge in [0, 0.05) is 11.0 Å². The lowest BCUT2D eigenvalue weighted by molar-refractivity contribution is 0.254. The van der Waals surface area contributed by atoms with Crippen LogP contribution in [0.1, 0.15) is 24.8 Å². The largest absolute Gasteiger partial charge is 0.319 e. The maximum atomic E-state index is 13.1. The summed E-state index contributed by atoms with van der Waals surface area (Å²) < 4.78 is 14.0. The maximum absolute atomic E-state index is 13.1. The molecule has 0 amide bonds. The van der Waals surface area contributed by atoms with Crippen molar-refractivity contribution in [3.05, 3.63) is 34.1 Å². The molecule has 0 heterocycles. The summed E-state index contributed by atoms with van der Waals surface area (Å²) in [6.45, 7) is 1.07. The molecule has 2 fully saturated rings. The van der Waals surface area contributed by atoms with Gasteiger partial charge in [0.2, 0.25) is 0 Å². The molecule has 0 saturated heterocycles. The summed E-state index contributed by atoms with van der Waals surface area (Å²) in [6.07, 6.45) is 5.17. The van der Waals surface area contributed by atoms with Gasteiger partial charge in [-0.05, 0) is 67.7 Å². The first kappa shape index (κ1) is 12.6. The van der Waals surface area contributed by atoms with Crippen molar-refractivity contribution in [2.24, 2.45) is 17.3 Å². The number of nitrogens with one attached hydrogen (secondary N) is 1. The molecule has 98 valence electrons. The van der Waals surface area contributed by atoms with E-state index in [0.29, 0.717) is 5.41 Å². The molecule has 1 nitrogen and oxygen atoms in total. The molecular weight excluding hydrogens is 293 g/mol. The Kier molecular flexibility index (Phi) is 3.23. The predicted octanol–water partition coefficient (Wildman–Crippen LogP) is 3.77. The lowest BCUT2D eigenvalue weighted by atomic mass is 9.77. The maximum Gasteiger partial charge on any atom is 0.124 e. The molecule has 2 atom stereocenters. The van der Waals surface area contributed by atoms with Gasteiger partial charge in [-0.25, -0.2) is 4.39 Å². The van der Waals surface area contributed by atoms with Crippen LogP contribution >= 0.6 is 15.9 Å². The van der Waals surface area contributed by atoms with Crippen LogP contribution in [-0.2, 0) is 6.42 Å². The Morgan fingerprint density at radius 1 is 1.39 bits per heavy atom. The molecule has 1 aromatic rings. The molecule has 2 saturated carbocycles. The first-order valence-electron chi connectivity index (χ1n) is 6.70. The molecule has 0 bridgehead atoms. The summed E-state index contributed by atoms with van der Waals surface area (Å²) in [5.41, 5.74) is 1.64. The van der Waals surface area contributed by atoms with Crippen LogP contribution < -0.4 is 5.32 Å². The molecule has 2 unspecified atom stereocenters. The second kappa shape index (κ2) is 4.61. The first-order chi connectivity index (χ1) is 8.62. The number of benzene rings is 1. The predicted molar refractivity (Wildman–Crippen MR) is 75.0 cm³/mol. The highest BCUT2D eigenvalue weighted by molar-refractivity contribution is 9.10. The van der Waals surface area contributed by atoms with Gasteiger partial charge in [0.05, 0.1) is 0 Å². The zero-order valence-electron chi connectivity index (χ0n) is 10.7. The second-order valence-electron chi connectivity index (χ2n) is 6.11. The third-order valence-corrected chi connectivity index (χ3v) is 5.33. The normalized spacial score (nSPS) is 33.5. The number of fused-ring (bicyclic) bond motifs is 1. The van der Waals surface area contributed by atoms with E-state index in [4.69, 9.17) is 0 Å².